The Bertz CT molecular complexity index is 485. The van der Waals surface area contributed by atoms with E-state index in [9.17, 15) is 0 Å². The van der Waals surface area contributed by atoms with E-state index in [-0.39, 0.29) is 5.95 Å². The molecule has 0 aliphatic carbocycles. The van der Waals surface area contributed by atoms with Gasteiger partial charge in [-0.2, -0.15) is 5.10 Å². The number of hydrogen-bond acceptors (Lipinski definition) is 4. The SMILES string of the molecule is Cc1nn(C)c(Cn2cnc(N)n2)c1Br. The van der Waals surface area contributed by atoms with Crippen molar-refractivity contribution in [3.63, 3.8) is 0 Å². The fourth-order valence-electron chi connectivity index (χ4n) is 1.39. The molecule has 0 saturated carbocycles. The Kier molecular flexibility index (Phi) is 2.47. The van der Waals surface area contributed by atoms with Gasteiger partial charge in [-0.1, -0.05) is 0 Å². The van der Waals surface area contributed by atoms with E-state index in [2.05, 4.69) is 31.1 Å². The lowest BCUT2D eigenvalue weighted by Crippen LogP contribution is -2.06. The van der Waals surface area contributed by atoms with Crippen molar-refractivity contribution in [1.29, 1.82) is 0 Å². The third-order valence-electron chi connectivity index (χ3n) is 2.13. The molecule has 0 amide bonds. The van der Waals surface area contributed by atoms with Crippen LogP contribution in [0, 0.1) is 6.92 Å². The van der Waals surface area contributed by atoms with E-state index >= 15 is 0 Å². The van der Waals surface area contributed by atoms with Gasteiger partial charge in [-0.05, 0) is 22.9 Å². The van der Waals surface area contributed by atoms with Gasteiger partial charge >= 0.3 is 0 Å². The highest BCUT2D eigenvalue weighted by atomic mass is 79.9. The Morgan fingerprint density at radius 1 is 1.47 bits per heavy atom. The van der Waals surface area contributed by atoms with Gasteiger partial charge < -0.3 is 5.73 Å². The van der Waals surface area contributed by atoms with E-state index in [4.69, 9.17) is 5.73 Å². The molecule has 0 saturated heterocycles. The van der Waals surface area contributed by atoms with Crippen LogP contribution in [0.5, 0.6) is 0 Å². The molecule has 6 nitrogen and oxygen atoms in total. The number of nitrogen functional groups attached to an aromatic ring is 1. The van der Waals surface area contributed by atoms with Gasteiger partial charge in [0.2, 0.25) is 5.95 Å². The molecule has 0 fully saturated rings. The van der Waals surface area contributed by atoms with Crippen molar-refractivity contribution in [2.45, 2.75) is 13.5 Å². The minimum atomic E-state index is 0.282. The van der Waals surface area contributed by atoms with Gasteiger partial charge in [0.15, 0.2) is 0 Å². The maximum absolute atomic E-state index is 5.44. The molecule has 0 aliphatic heterocycles. The van der Waals surface area contributed by atoms with Crippen molar-refractivity contribution in [2.75, 3.05) is 5.73 Å². The molecule has 0 aliphatic rings. The lowest BCUT2D eigenvalue weighted by Gasteiger charge is -2.01. The smallest absolute Gasteiger partial charge is 0.239 e. The van der Waals surface area contributed by atoms with Gasteiger partial charge in [0.05, 0.1) is 22.4 Å². The number of rotatable bonds is 2. The molecule has 0 unspecified atom stereocenters. The average molecular weight is 271 g/mol. The number of hydrogen-bond donors (Lipinski definition) is 1. The van der Waals surface area contributed by atoms with Crippen LogP contribution in [-0.4, -0.2) is 24.5 Å². The molecule has 15 heavy (non-hydrogen) atoms. The molecule has 2 N–H and O–H groups in total. The van der Waals surface area contributed by atoms with Gasteiger partial charge in [0.1, 0.15) is 6.33 Å². The highest BCUT2D eigenvalue weighted by molar-refractivity contribution is 9.10. The molecule has 0 spiro atoms. The number of aryl methyl sites for hydroxylation is 2. The molecule has 0 atom stereocenters. The van der Waals surface area contributed by atoms with Crippen LogP contribution in [-0.2, 0) is 13.6 Å². The zero-order valence-electron chi connectivity index (χ0n) is 8.48. The van der Waals surface area contributed by atoms with Gasteiger partial charge in [-0.15, -0.1) is 5.10 Å². The van der Waals surface area contributed by atoms with Gasteiger partial charge in [0, 0.05) is 7.05 Å². The van der Waals surface area contributed by atoms with Crippen LogP contribution >= 0.6 is 15.9 Å². The third-order valence-corrected chi connectivity index (χ3v) is 3.16. The summed E-state index contributed by atoms with van der Waals surface area (Å²) in [6.45, 7) is 2.55. The minimum absolute atomic E-state index is 0.282. The Hall–Kier alpha value is -1.37. The summed E-state index contributed by atoms with van der Waals surface area (Å²) >= 11 is 3.49. The summed E-state index contributed by atoms with van der Waals surface area (Å²) in [6, 6.07) is 0. The van der Waals surface area contributed by atoms with Crippen LogP contribution in [0.1, 0.15) is 11.4 Å². The van der Waals surface area contributed by atoms with Gasteiger partial charge in [0.25, 0.3) is 0 Å². The first-order chi connectivity index (χ1) is 7.08. The van der Waals surface area contributed by atoms with Crippen molar-refractivity contribution in [1.82, 2.24) is 24.5 Å². The summed E-state index contributed by atoms with van der Waals surface area (Å²) in [7, 11) is 1.90. The summed E-state index contributed by atoms with van der Waals surface area (Å²) in [5.74, 6) is 0.282. The molecule has 0 aromatic carbocycles. The van der Waals surface area contributed by atoms with Crippen LogP contribution in [0.3, 0.4) is 0 Å². The van der Waals surface area contributed by atoms with Crippen molar-refractivity contribution < 1.29 is 0 Å². The van der Waals surface area contributed by atoms with E-state index < -0.39 is 0 Å². The Labute approximate surface area is 95.2 Å². The highest BCUT2D eigenvalue weighted by Gasteiger charge is 2.11. The average Bonchev–Trinajstić information content (AvgIpc) is 2.67. The number of halogens is 1. The normalized spacial score (nSPS) is 10.9. The predicted octanol–water partition coefficient (Wildman–Crippen LogP) is 0.713. The summed E-state index contributed by atoms with van der Waals surface area (Å²) in [5, 5.41) is 8.31. The van der Waals surface area contributed by atoms with Crippen LogP contribution in [0.4, 0.5) is 5.95 Å². The second-order valence-electron chi connectivity index (χ2n) is 3.27. The van der Waals surface area contributed by atoms with Crippen LogP contribution in [0.15, 0.2) is 10.8 Å². The molecule has 0 radical (unpaired) electrons. The first-order valence-corrected chi connectivity index (χ1v) is 5.20. The molecule has 7 heteroatoms. The molecule has 2 rings (SSSR count). The van der Waals surface area contributed by atoms with E-state index in [1.54, 1.807) is 11.0 Å². The standard InChI is InChI=1S/C8H11BrN6/c1-5-7(9)6(14(2)12-5)3-15-4-11-8(10)13-15/h4H,3H2,1-2H3,(H2,10,13). The van der Waals surface area contributed by atoms with E-state index in [0.29, 0.717) is 6.54 Å². The number of nitrogens with two attached hydrogens (primary N) is 1. The Morgan fingerprint density at radius 2 is 2.20 bits per heavy atom. The fourth-order valence-corrected chi connectivity index (χ4v) is 1.85. The zero-order chi connectivity index (χ0) is 11.0. The number of aromatic nitrogens is 5. The maximum atomic E-state index is 5.44. The first kappa shape index (κ1) is 10.2. The summed E-state index contributed by atoms with van der Waals surface area (Å²) < 4.78 is 4.49. The Morgan fingerprint density at radius 3 is 2.67 bits per heavy atom. The lowest BCUT2D eigenvalue weighted by molar-refractivity contribution is 0.617. The lowest BCUT2D eigenvalue weighted by atomic mass is 10.4. The topological polar surface area (TPSA) is 74.5 Å². The van der Waals surface area contributed by atoms with Crippen molar-refractivity contribution >= 4 is 21.9 Å². The van der Waals surface area contributed by atoms with E-state index in [0.717, 1.165) is 15.9 Å². The number of anilines is 1. The predicted molar refractivity (Wildman–Crippen MR) is 59.2 cm³/mol. The minimum Gasteiger partial charge on any atom is -0.367 e. The molecule has 0 bridgehead atoms. The number of nitrogens with zero attached hydrogens (tertiary/aromatic N) is 5. The fraction of sp³-hybridized carbons (Fsp3) is 0.375. The van der Waals surface area contributed by atoms with Crippen molar-refractivity contribution in [3.05, 3.63) is 22.2 Å². The summed E-state index contributed by atoms with van der Waals surface area (Å²) in [6.07, 6.45) is 1.60. The van der Waals surface area contributed by atoms with Crippen LogP contribution in [0.25, 0.3) is 0 Å². The van der Waals surface area contributed by atoms with Crippen LogP contribution < -0.4 is 5.73 Å². The third kappa shape index (κ3) is 1.87. The van der Waals surface area contributed by atoms with E-state index in [1.165, 1.54) is 0 Å². The second-order valence-corrected chi connectivity index (χ2v) is 4.06. The molecule has 2 aromatic rings. The molecule has 2 aromatic heterocycles. The molecular formula is C8H11BrN6. The maximum Gasteiger partial charge on any atom is 0.239 e. The highest BCUT2D eigenvalue weighted by Crippen LogP contribution is 2.20. The zero-order valence-corrected chi connectivity index (χ0v) is 10.1. The van der Waals surface area contributed by atoms with Gasteiger partial charge in [-0.3, -0.25) is 4.68 Å². The first-order valence-electron chi connectivity index (χ1n) is 4.41. The quantitative estimate of drug-likeness (QED) is 0.873. The molecule has 2 heterocycles. The van der Waals surface area contributed by atoms with Crippen molar-refractivity contribution in [2.24, 2.45) is 7.05 Å². The van der Waals surface area contributed by atoms with Crippen molar-refractivity contribution in [3.8, 4) is 0 Å². The summed E-state index contributed by atoms with van der Waals surface area (Å²) in [5.41, 5.74) is 7.43. The molecular weight excluding hydrogens is 260 g/mol. The largest absolute Gasteiger partial charge is 0.367 e. The monoisotopic (exact) mass is 270 g/mol. The molecule has 80 valence electrons. The van der Waals surface area contributed by atoms with Crippen LogP contribution in [0.2, 0.25) is 0 Å². The van der Waals surface area contributed by atoms with E-state index in [1.807, 2.05) is 18.7 Å². The van der Waals surface area contributed by atoms with Gasteiger partial charge in [-0.25, -0.2) is 9.67 Å². The second kappa shape index (κ2) is 3.65. The Balaban J connectivity index is 2.31. The summed E-state index contributed by atoms with van der Waals surface area (Å²) in [4.78, 5) is 3.86.